The van der Waals surface area contributed by atoms with Gasteiger partial charge >= 0.3 is 0 Å². The number of imidazole rings is 1. The minimum atomic E-state index is 0.0657. The molecule has 2 aromatic rings. The van der Waals surface area contributed by atoms with Crippen molar-refractivity contribution in [1.29, 1.82) is 0 Å². The molecule has 1 fully saturated rings. The van der Waals surface area contributed by atoms with E-state index >= 15 is 0 Å². The van der Waals surface area contributed by atoms with Gasteiger partial charge in [0.25, 0.3) is 0 Å². The second-order valence-corrected chi connectivity index (χ2v) is 5.69. The Kier molecular flexibility index (Phi) is 4.13. The van der Waals surface area contributed by atoms with E-state index in [4.69, 9.17) is 4.74 Å². The first-order chi connectivity index (χ1) is 10.7. The van der Waals surface area contributed by atoms with E-state index in [1.807, 2.05) is 42.3 Å². The second-order valence-electron chi connectivity index (χ2n) is 5.69. The molecule has 5 heteroatoms. The molecule has 1 aromatic carbocycles. The van der Waals surface area contributed by atoms with Crippen LogP contribution in [0.3, 0.4) is 0 Å². The molecule has 1 aliphatic rings. The number of nitrogens with one attached hydrogen (secondary N) is 1. The van der Waals surface area contributed by atoms with E-state index in [0.717, 1.165) is 42.2 Å². The highest BCUT2D eigenvalue weighted by molar-refractivity contribution is 5.80. The van der Waals surface area contributed by atoms with Crippen LogP contribution in [0.2, 0.25) is 0 Å². The summed E-state index contributed by atoms with van der Waals surface area (Å²) >= 11 is 0. The molecule has 116 valence electrons. The molecular weight excluding hydrogens is 278 g/mol. The SMILES string of the molecule is COc1ccccc1CC(=O)N1CCCC1c1ncc(C)[nH]1. The molecule has 22 heavy (non-hydrogen) atoms. The molecule has 0 bridgehead atoms. The summed E-state index contributed by atoms with van der Waals surface area (Å²) in [6.45, 7) is 2.77. The maximum atomic E-state index is 12.7. The maximum absolute atomic E-state index is 12.7. The maximum Gasteiger partial charge on any atom is 0.227 e. The monoisotopic (exact) mass is 299 g/mol. The first-order valence-electron chi connectivity index (χ1n) is 7.62. The Morgan fingerprint density at radius 3 is 3.00 bits per heavy atom. The Morgan fingerprint density at radius 2 is 2.27 bits per heavy atom. The highest BCUT2D eigenvalue weighted by atomic mass is 16.5. The minimum absolute atomic E-state index is 0.0657. The Balaban J connectivity index is 1.76. The van der Waals surface area contributed by atoms with Crippen LogP contribution in [0.25, 0.3) is 0 Å². The summed E-state index contributed by atoms with van der Waals surface area (Å²) in [4.78, 5) is 22.3. The van der Waals surface area contributed by atoms with Gasteiger partial charge in [-0.2, -0.15) is 0 Å². The summed E-state index contributed by atoms with van der Waals surface area (Å²) in [7, 11) is 1.63. The number of para-hydroxylation sites is 1. The molecule has 1 N–H and O–H groups in total. The number of aryl methyl sites for hydroxylation is 1. The number of carbonyl (C=O) groups is 1. The normalized spacial score (nSPS) is 17.7. The van der Waals surface area contributed by atoms with Crippen molar-refractivity contribution in [2.75, 3.05) is 13.7 Å². The topological polar surface area (TPSA) is 58.2 Å². The second kappa shape index (κ2) is 6.22. The zero-order chi connectivity index (χ0) is 15.5. The summed E-state index contributed by atoms with van der Waals surface area (Å²) in [5, 5.41) is 0. The summed E-state index contributed by atoms with van der Waals surface area (Å²) in [5.41, 5.74) is 1.95. The molecule has 0 radical (unpaired) electrons. The molecule has 1 aliphatic heterocycles. The Hall–Kier alpha value is -2.30. The molecule has 1 amide bonds. The Morgan fingerprint density at radius 1 is 1.45 bits per heavy atom. The molecule has 0 aliphatic carbocycles. The van der Waals surface area contributed by atoms with E-state index in [2.05, 4.69) is 9.97 Å². The highest BCUT2D eigenvalue weighted by Gasteiger charge is 2.31. The van der Waals surface area contributed by atoms with Crippen molar-refractivity contribution in [1.82, 2.24) is 14.9 Å². The van der Waals surface area contributed by atoms with Gasteiger partial charge in [0.1, 0.15) is 11.6 Å². The summed E-state index contributed by atoms with van der Waals surface area (Å²) in [6, 6.07) is 7.74. The van der Waals surface area contributed by atoms with Crippen molar-refractivity contribution < 1.29 is 9.53 Å². The summed E-state index contributed by atoms with van der Waals surface area (Å²) in [6.07, 6.45) is 4.16. The number of carbonyl (C=O) groups excluding carboxylic acids is 1. The third-order valence-electron chi connectivity index (χ3n) is 4.15. The van der Waals surface area contributed by atoms with Crippen LogP contribution in [0.4, 0.5) is 0 Å². The standard InChI is InChI=1S/C17H21N3O2/c1-12-11-18-17(19-12)14-7-5-9-20(14)16(21)10-13-6-3-4-8-15(13)22-2/h3-4,6,8,11,14H,5,7,9-10H2,1-2H3,(H,18,19). The molecule has 1 aromatic heterocycles. The van der Waals surface area contributed by atoms with E-state index in [0.29, 0.717) is 6.42 Å². The third kappa shape index (κ3) is 2.84. The van der Waals surface area contributed by atoms with Gasteiger partial charge < -0.3 is 14.6 Å². The number of hydrogen-bond acceptors (Lipinski definition) is 3. The largest absolute Gasteiger partial charge is 0.496 e. The number of aromatic nitrogens is 2. The van der Waals surface area contributed by atoms with Crippen LogP contribution in [0.15, 0.2) is 30.5 Å². The van der Waals surface area contributed by atoms with Crippen LogP contribution in [0.1, 0.15) is 36.0 Å². The molecule has 3 rings (SSSR count). The van der Waals surface area contributed by atoms with Gasteiger partial charge in [-0.1, -0.05) is 18.2 Å². The molecule has 1 saturated heterocycles. The van der Waals surface area contributed by atoms with E-state index in [9.17, 15) is 4.79 Å². The number of amides is 1. The lowest BCUT2D eigenvalue weighted by Crippen LogP contribution is -2.32. The number of ether oxygens (including phenoxy) is 1. The van der Waals surface area contributed by atoms with E-state index < -0.39 is 0 Å². The van der Waals surface area contributed by atoms with Gasteiger partial charge in [0.2, 0.25) is 5.91 Å². The van der Waals surface area contributed by atoms with Gasteiger partial charge in [-0.3, -0.25) is 4.79 Å². The first-order valence-corrected chi connectivity index (χ1v) is 7.62. The van der Waals surface area contributed by atoms with Crippen LogP contribution in [-0.4, -0.2) is 34.4 Å². The van der Waals surface area contributed by atoms with Crippen LogP contribution in [-0.2, 0) is 11.2 Å². The van der Waals surface area contributed by atoms with Crippen LogP contribution in [0.5, 0.6) is 5.75 Å². The lowest BCUT2D eigenvalue weighted by Gasteiger charge is -2.23. The predicted octanol–water partition coefficient (Wildman–Crippen LogP) is 2.63. The van der Waals surface area contributed by atoms with Crippen molar-refractivity contribution >= 4 is 5.91 Å². The number of hydrogen-bond donors (Lipinski definition) is 1. The first kappa shape index (κ1) is 14.6. The Bertz CT molecular complexity index is 665. The average molecular weight is 299 g/mol. The smallest absolute Gasteiger partial charge is 0.227 e. The number of rotatable bonds is 4. The lowest BCUT2D eigenvalue weighted by atomic mass is 10.1. The molecular formula is C17H21N3O2. The van der Waals surface area contributed by atoms with Crippen LogP contribution < -0.4 is 4.74 Å². The zero-order valence-electron chi connectivity index (χ0n) is 13.0. The number of methoxy groups -OCH3 is 1. The zero-order valence-corrected chi connectivity index (χ0v) is 13.0. The number of likely N-dealkylation sites (tertiary alicyclic amines) is 1. The molecule has 1 unspecified atom stereocenters. The fourth-order valence-corrected chi connectivity index (χ4v) is 3.07. The van der Waals surface area contributed by atoms with Crippen molar-refractivity contribution in [2.45, 2.75) is 32.2 Å². The fourth-order valence-electron chi connectivity index (χ4n) is 3.07. The number of aromatic amines is 1. The van der Waals surface area contributed by atoms with Crippen molar-refractivity contribution in [3.8, 4) is 5.75 Å². The van der Waals surface area contributed by atoms with Gasteiger partial charge in [-0.05, 0) is 25.8 Å². The molecule has 1 atom stereocenters. The summed E-state index contributed by atoms with van der Waals surface area (Å²) < 4.78 is 5.33. The van der Waals surface area contributed by atoms with Crippen molar-refractivity contribution in [2.24, 2.45) is 0 Å². The quantitative estimate of drug-likeness (QED) is 0.944. The van der Waals surface area contributed by atoms with Crippen LogP contribution >= 0.6 is 0 Å². The third-order valence-corrected chi connectivity index (χ3v) is 4.15. The number of benzene rings is 1. The van der Waals surface area contributed by atoms with Gasteiger partial charge in [0, 0.05) is 24.0 Å². The Labute approximate surface area is 130 Å². The predicted molar refractivity (Wildman–Crippen MR) is 83.7 cm³/mol. The fraction of sp³-hybridized carbons (Fsp3) is 0.412. The van der Waals surface area contributed by atoms with Gasteiger partial charge in [0.05, 0.1) is 19.6 Å². The van der Waals surface area contributed by atoms with E-state index in [1.54, 1.807) is 7.11 Å². The van der Waals surface area contributed by atoms with Gasteiger partial charge in [-0.15, -0.1) is 0 Å². The molecule has 0 saturated carbocycles. The van der Waals surface area contributed by atoms with E-state index in [-0.39, 0.29) is 11.9 Å². The van der Waals surface area contributed by atoms with Gasteiger partial charge in [-0.25, -0.2) is 4.98 Å². The average Bonchev–Trinajstić information content (AvgIpc) is 3.16. The molecule has 5 nitrogen and oxygen atoms in total. The van der Waals surface area contributed by atoms with Crippen molar-refractivity contribution in [3.05, 3.63) is 47.5 Å². The van der Waals surface area contributed by atoms with Crippen molar-refractivity contribution in [3.63, 3.8) is 0 Å². The van der Waals surface area contributed by atoms with Gasteiger partial charge in [0.15, 0.2) is 0 Å². The highest BCUT2D eigenvalue weighted by Crippen LogP contribution is 2.31. The minimum Gasteiger partial charge on any atom is -0.496 e. The molecule has 2 heterocycles. The van der Waals surface area contributed by atoms with Crippen LogP contribution in [0, 0.1) is 6.92 Å². The molecule has 0 spiro atoms. The summed E-state index contributed by atoms with van der Waals surface area (Å²) in [5.74, 6) is 1.78. The lowest BCUT2D eigenvalue weighted by molar-refractivity contribution is -0.131. The number of H-pyrrole nitrogens is 1. The number of nitrogens with zero attached hydrogens (tertiary/aromatic N) is 2. The van der Waals surface area contributed by atoms with E-state index in [1.165, 1.54) is 0 Å².